The van der Waals surface area contributed by atoms with E-state index in [0.29, 0.717) is 19.1 Å². The molecule has 0 aromatic heterocycles. The molecule has 0 heterocycles. The van der Waals surface area contributed by atoms with Gasteiger partial charge in [0, 0.05) is 0 Å². The molecule has 0 saturated heterocycles. The molecule has 0 N–H and O–H groups in total. The van der Waals surface area contributed by atoms with Gasteiger partial charge >= 0.3 is 11.9 Å². The fourth-order valence-corrected chi connectivity index (χ4v) is 1.93. The predicted octanol–water partition coefficient (Wildman–Crippen LogP) is 4.48. The average Bonchev–Trinajstić information content (AvgIpc) is 2.48. The maximum absolute atomic E-state index is 12.2. The standard InChI is InChI=1S/C19H28O4/c1-14(2)9-8-12-22-17(20)15-10-6-7-11-16(15)18(21)23-13-19(3,4)5/h6-7,10-11,14H,8-9,12-13H2,1-5H3. The predicted molar refractivity (Wildman–Crippen MR) is 90.5 cm³/mol. The van der Waals surface area contributed by atoms with E-state index in [1.807, 2.05) is 20.8 Å². The minimum absolute atomic E-state index is 0.123. The topological polar surface area (TPSA) is 52.6 Å². The average molecular weight is 320 g/mol. The number of rotatable bonds is 7. The summed E-state index contributed by atoms with van der Waals surface area (Å²) in [6, 6.07) is 6.61. The first kappa shape index (κ1) is 19.2. The monoisotopic (exact) mass is 320 g/mol. The van der Waals surface area contributed by atoms with Crippen LogP contribution < -0.4 is 0 Å². The van der Waals surface area contributed by atoms with Gasteiger partial charge in [-0.1, -0.05) is 46.8 Å². The summed E-state index contributed by atoms with van der Waals surface area (Å²) >= 11 is 0. The van der Waals surface area contributed by atoms with Crippen LogP contribution in [0.1, 0.15) is 68.2 Å². The Morgan fingerprint density at radius 3 is 2.00 bits per heavy atom. The van der Waals surface area contributed by atoms with E-state index in [4.69, 9.17) is 9.47 Å². The fraction of sp³-hybridized carbons (Fsp3) is 0.579. The minimum Gasteiger partial charge on any atom is -0.462 e. The first-order chi connectivity index (χ1) is 10.7. The summed E-state index contributed by atoms with van der Waals surface area (Å²) in [6.07, 6.45) is 1.82. The Balaban J connectivity index is 2.69. The Bertz CT molecular complexity index is 526. The molecule has 0 aliphatic carbocycles. The van der Waals surface area contributed by atoms with E-state index in [-0.39, 0.29) is 16.5 Å². The van der Waals surface area contributed by atoms with E-state index in [2.05, 4.69) is 13.8 Å². The lowest BCUT2D eigenvalue weighted by Gasteiger charge is -2.18. The quantitative estimate of drug-likeness (QED) is 0.549. The van der Waals surface area contributed by atoms with Crippen molar-refractivity contribution in [2.75, 3.05) is 13.2 Å². The molecule has 0 amide bonds. The molecule has 1 aromatic carbocycles. The molecule has 23 heavy (non-hydrogen) atoms. The summed E-state index contributed by atoms with van der Waals surface area (Å²) in [5.41, 5.74) is 0.392. The minimum atomic E-state index is -0.491. The SMILES string of the molecule is CC(C)CCCOC(=O)c1ccccc1C(=O)OCC(C)(C)C. The van der Waals surface area contributed by atoms with Gasteiger partial charge in [-0.05, 0) is 36.3 Å². The number of ether oxygens (including phenoxy) is 2. The Morgan fingerprint density at radius 1 is 1.00 bits per heavy atom. The number of esters is 2. The maximum Gasteiger partial charge on any atom is 0.339 e. The van der Waals surface area contributed by atoms with Crippen molar-refractivity contribution >= 4 is 11.9 Å². The van der Waals surface area contributed by atoms with Gasteiger partial charge in [0.25, 0.3) is 0 Å². The third-order valence-corrected chi connectivity index (χ3v) is 3.16. The van der Waals surface area contributed by atoms with Crippen molar-refractivity contribution in [2.24, 2.45) is 11.3 Å². The Kier molecular flexibility index (Phi) is 7.27. The van der Waals surface area contributed by atoms with Crippen molar-refractivity contribution in [3.63, 3.8) is 0 Å². The van der Waals surface area contributed by atoms with Gasteiger partial charge in [-0.15, -0.1) is 0 Å². The van der Waals surface area contributed by atoms with Crippen molar-refractivity contribution in [1.82, 2.24) is 0 Å². The summed E-state index contributed by atoms with van der Waals surface area (Å²) in [6.45, 7) is 10.9. The first-order valence-corrected chi connectivity index (χ1v) is 8.14. The van der Waals surface area contributed by atoms with E-state index >= 15 is 0 Å². The van der Waals surface area contributed by atoms with E-state index in [0.717, 1.165) is 12.8 Å². The van der Waals surface area contributed by atoms with E-state index < -0.39 is 11.9 Å². The summed E-state index contributed by atoms with van der Waals surface area (Å²) in [4.78, 5) is 24.4. The lowest BCUT2D eigenvalue weighted by Crippen LogP contribution is -2.20. The fourth-order valence-electron chi connectivity index (χ4n) is 1.93. The van der Waals surface area contributed by atoms with Crippen LogP contribution in [0, 0.1) is 11.3 Å². The molecule has 0 atom stereocenters. The van der Waals surface area contributed by atoms with Crippen LogP contribution in [0.15, 0.2) is 24.3 Å². The Labute approximate surface area is 139 Å². The first-order valence-electron chi connectivity index (χ1n) is 8.14. The second-order valence-electron chi connectivity index (χ2n) is 7.35. The zero-order chi connectivity index (χ0) is 17.5. The molecule has 4 heteroatoms. The third kappa shape index (κ3) is 7.31. The van der Waals surface area contributed by atoms with Crippen LogP contribution in [-0.4, -0.2) is 25.2 Å². The zero-order valence-corrected chi connectivity index (χ0v) is 14.8. The highest BCUT2D eigenvalue weighted by Crippen LogP contribution is 2.17. The lowest BCUT2D eigenvalue weighted by molar-refractivity contribution is 0.0352. The number of hydrogen-bond acceptors (Lipinski definition) is 4. The third-order valence-electron chi connectivity index (χ3n) is 3.16. The highest BCUT2D eigenvalue weighted by atomic mass is 16.5. The van der Waals surface area contributed by atoms with Gasteiger partial charge in [-0.3, -0.25) is 0 Å². The summed E-state index contributed by atoms with van der Waals surface area (Å²) in [7, 11) is 0. The van der Waals surface area contributed by atoms with Gasteiger partial charge in [-0.25, -0.2) is 9.59 Å². The number of carbonyl (C=O) groups excluding carboxylic acids is 2. The molecule has 0 bridgehead atoms. The van der Waals surface area contributed by atoms with Gasteiger partial charge in [0.2, 0.25) is 0 Å². The van der Waals surface area contributed by atoms with E-state index in [1.54, 1.807) is 24.3 Å². The van der Waals surface area contributed by atoms with Crippen LogP contribution in [-0.2, 0) is 9.47 Å². The molecule has 1 aromatic rings. The molecule has 0 unspecified atom stereocenters. The second-order valence-corrected chi connectivity index (χ2v) is 7.35. The lowest BCUT2D eigenvalue weighted by atomic mass is 9.98. The molecule has 1 rings (SSSR count). The molecule has 0 aliphatic heterocycles. The van der Waals surface area contributed by atoms with Gasteiger partial charge in [0.05, 0.1) is 24.3 Å². The maximum atomic E-state index is 12.2. The zero-order valence-electron chi connectivity index (χ0n) is 14.8. The molecule has 0 spiro atoms. The largest absolute Gasteiger partial charge is 0.462 e. The van der Waals surface area contributed by atoms with Crippen molar-refractivity contribution in [2.45, 2.75) is 47.5 Å². The van der Waals surface area contributed by atoms with E-state index in [9.17, 15) is 9.59 Å². The van der Waals surface area contributed by atoms with Crippen LogP contribution >= 0.6 is 0 Å². The van der Waals surface area contributed by atoms with Crippen molar-refractivity contribution in [3.8, 4) is 0 Å². The van der Waals surface area contributed by atoms with Gasteiger partial charge in [0.15, 0.2) is 0 Å². The van der Waals surface area contributed by atoms with Crippen LogP contribution in [0.3, 0.4) is 0 Å². The van der Waals surface area contributed by atoms with Gasteiger partial charge in [-0.2, -0.15) is 0 Å². The molecule has 0 fully saturated rings. The smallest absolute Gasteiger partial charge is 0.339 e. The molecule has 128 valence electrons. The number of carbonyl (C=O) groups is 2. The summed E-state index contributed by atoms with van der Waals surface area (Å²) < 4.78 is 10.6. The second kappa shape index (κ2) is 8.70. The number of hydrogen-bond donors (Lipinski definition) is 0. The number of benzene rings is 1. The van der Waals surface area contributed by atoms with Crippen molar-refractivity contribution < 1.29 is 19.1 Å². The highest BCUT2D eigenvalue weighted by molar-refractivity contribution is 6.03. The molecule has 0 radical (unpaired) electrons. The van der Waals surface area contributed by atoms with Gasteiger partial charge < -0.3 is 9.47 Å². The van der Waals surface area contributed by atoms with Crippen molar-refractivity contribution in [3.05, 3.63) is 35.4 Å². The summed E-state index contributed by atoms with van der Waals surface area (Å²) in [5, 5.41) is 0. The molecule has 0 saturated carbocycles. The van der Waals surface area contributed by atoms with Crippen LogP contribution in [0.25, 0.3) is 0 Å². The Hall–Kier alpha value is -1.84. The van der Waals surface area contributed by atoms with Crippen molar-refractivity contribution in [1.29, 1.82) is 0 Å². The van der Waals surface area contributed by atoms with Crippen LogP contribution in [0.2, 0.25) is 0 Å². The van der Waals surface area contributed by atoms with E-state index in [1.165, 1.54) is 0 Å². The van der Waals surface area contributed by atoms with Crippen LogP contribution in [0.4, 0.5) is 0 Å². The van der Waals surface area contributed by atoms with Crippen LogP contribution in [0.5, 0.6) is 0 Å². The molecular weight excluding hydrogens is 292 g/mol. The molecule has 4 nitrogen and oxygen atoms in total. The molecular formula is C19H28O4. The summed E-state index contributed by atoms with van der Waals surface area (Å²) in [5.74, 6) is -0.389. The normalized spacial score (nSPS) is 11.4. The molecule has 0 aliphatic rings. The van der Waals surface area contributed by atoms with Gasteiger partial charge in [0.1, 0.15) is 0 Å². The highest BCUT2D eigenvalue weighted by Gasteiger charge is 2.21. The Morgan fingerprint density at radius 2 is 1.52 bits per heavy atom.